The molecule has 20 aromatic rings. The van der Waals surface area contributed by atoms with Crippen molar-refractivity contribution in [2.24, 2.45) is 0 Å². The fraction of sp³-hybridized carbons (Fsp3) is 0. The Morgan fingerprint density at radius 1 is 0.163 bits per heavy atom. The zero-order valence-electron chi connectivity index (χ0n) is 56.2. The minimum atomic E-state index is 0.894. The van der Waals surface area contributed by atoms with E-state index in [1.807, 2.05) is 73.3 Å². The van der Waals surface area contributed by atoms with Gasteiger partial charge in [0.15, 0.2) is 0 Å². The average molecular weight is 1330 g/mol. The standard InChI is InChI=1S/C50H32N4.C46H28N4/c1-2-10-33(11-3-1)34-18-22-37(23-19-34)48-42-12-4-5-15-47(42)54-50-43(48)26-24-38-25-27-46(53-49(38)50)36-20-16-35(17-21-36)39-30-40(44-13-6-8-28-51-44)32-41(31-39)45-14-7-9-29-52-45;1-2-8-29(9-3-1)30-14-20-33(21-15-30)42-37-11-4-5-13-41(37)50-46-38(42)24-22-34-23-25-40(49-44(34)46)32-18-16-31(17-19-32)39-28-35-10-6-26-47-43(35)45-36(39)12-7-27-48-45/h1-32H;1-28H. The molecule has 20 rings (SSSR count). The number of pyridine rings is 8. The van der Waals surface area contributed by atoms with Crippen molar-refractivity contribution in [3.8, 4) is 112 Å². The molecule has 0 aliphatic heterocycles. The van der Waals surface area contributed by atoms with Crippen LogP contribution < -0.4 is 0 Å². The maximum absolute atomic E-state index is 5.30. The van der Waals surface area contributed by atoms with Gasteiger partial charge in [-0.3, -0.25) is 19.9 Å². The molecule has 8 heteroatoms. The molecule has 8 aromatic heterocycles. The topological polar surface area (TPSA) is 103 Å². The first kappa shape index (κ1) is 61.0. The molecule has 0 radical (unpaired) electrons. The zero-order chi connectivity index (χ0) is 68.9. The lowest BCUT2D eigenvalue weighted by Gasteiger charge is -2.14. The van der Waals surface area contributed by atoms with Crippen molar-refractivity contribution in [2.45, 2.75) is 0 Å². The number of hydrogen-bond acceptors (Lipinski definition) is 8. The summed E-state index contributed by atoms with van der Waals surface area (Å²) in [4.78, 5) is 39.6. The third kappa shape index (κ3) is 11.3. The number of fused-ring (bicyclic) bond motifs is 11. The Morgan fingerprint density at radius 3 is 1.05 bits per heavy atom. The Balaban J connectivity index is 0.000000144. The van der Waals surface area contributed by atoms with E-state index in [0.717, 1.165) is 166 Å². The van der Waals surface area contributed by atoms with Gasteiger partial charge in [-0.05, 0) is 141 Å². The maximum atomic E-state index is 5.30. The second-order valence-electron chi connectivity index (χ2n) is 26.1. The van der Waals surface area contributed by atoms with Crippen LogP contribution in [0.3, 0.4) is 0 Å². The molecule has 0 amide bonds. The summed E-state index contributed by atoms with van der Waals surface area (Å²) in [5.41, 5.74) is 29.1. The predicted octanol–water partition coefficient (Wildman–Crippen LogP) is 24.4. The van der Waals surface area contributed by atoms with Gasteiger partial charge in [0.1, 0.15) is 0 Å². The summed E-state index contributed by atoms with van der Waals surface area (Å²) in [6.07, 6.45) is 7.32. The van der Waals surface area contributed by atoms with E-state index in [2.05, 4.69) is 306 Å². The van der Waals surface area contributed by atoms with Gasteiger partial charge in [0.2, 0.25) is 0 Å². The summed E-state index contributed by atoms with van der Waals surface area (Å²) in [6, 6.07) is 119. The number of benzene rings is 12. The normalized spacial score (nSPS) is 11.5. The van der Waals surface area contributed by atoms with Crippen LogP contribution in [0.1, 0.15) is 0 Å². The monoisotopic (exact) mass is 1320 g/mol. The van der Waals surface area contributed by atoms with Crippen molar-refractivity contribution < 1.29 is 0 Å². The van der Waals surface area contributed by atoms with Crippen molar-refractivity contribution in [3.63, 3.8) is 0 Å². The Hall–Kier alpha value is -14.1. The van der Waals surface area contributed by atoms with Crippen LogP contribution in [0.5, 0.6) is 0 Å². The van der Waals surface area contributed by atoms with Crippen molar-refractivity contribution in [3.05, 3.63) is 365 Å². The van der Waals surface area contributed by atoms with Crippen molar-refractivity contribution in [1.82, 2.24) is 39.9 Å². The molecule has 12 aromatic carbocycles. The highest BCUT2D eigenvalue weighted by Crippen LogP contribution is 2.43. The summed E-state index contributed by atoms with van der Waals surface area (Å²) < 4.78 is 0. The summed E-state index contributed by atoms with van der Waals surface area (Å²) >= 11 is 0. The smallest absolute Gasteiger partial charge is 0.0978 e. The van der Waals surface area contributed by atoms with Crippen LogP contribution in [0, 0.1) is 0 Å². The molecule has 0 saturated heterocycles. The van der Waals surface area contributed by atoms with Gasteiger partial charge in [0, 0.05) is 101 Å². The van der Waals surface area contributed by atoms with Gasteiger partial charge in [-0.1, -0.05) is 255 Å². The van der Waals surface area contributed by atoms with E-state index in [4.69, 9.17) is 24.9 Å². The molecule has 104 heavy (non-hydrogen) atoms. The van der Waals surface area contributed by atoms with Gasteiger partial charge in [-0.25, -0.2) is 19.9 Å². The minimum Gasteiger partial charge on any atom is -0.256 e. The van der Waals surface area contributed by atoms with Gasteiger partial charge in [-0.2, -0.15) is 0 Å². The van der Waals surface area contributed by atoms with Crippen LogP contribution in [0.15, 0.2) is 365 Å². The minimum absolute atomic E-state index is 0.894. The predicted molar refractivity (Wildman–Crippen MR) is 430 cm³/mol. The van der Waals surface area contributed by atoms with Crippen LogP contribution in [0.25, 0.3) is 199 Å². The van der Waals surface area contributed by atoms with Crippen LogP contribution in [-0.2, 0) is 0 Å². The van der Waals surface area contributed by atoms with E-state index in [1.165, 1.54) is 33.4 Å². The molecule has 0 aliphatic carbocycles. The molecular formula is C96H60N8. The van der Waals surface area contributed by atoms with E-state index < -0.39 is 0 Å². The van der Waals surface area contributed by atoms with Crippen molar-refractivity contribution in [2.75, 3.05) is 0 Å². The molecule has 0 fully saturated rings. The summed E-state index contributed by atoms with van der Waals surface area (Å²) in [5, 5.41) is 8.73. The van der Waals surface area contributed by atoms with Crippen molar-refractivity contribution >= 4 is 87.2 Å². The van der Waals surface area contributed by atoms with E-state index >= 15 is 0 Å². The lowest BCUT2D eigenvalue weighted by atomic mass is 9.93. The lowest BCUT2D eigenvalue weighted by molar-refractivity contribution is 1.31. The Kier molecular flexibility index (Phi) is 15.4. The van der Waals surface area contributed by atoms with E-state index in [0.29, 0.717) is 0 Å². The fourth-order valence-corrected chi connectivity index (χ4v) is 14.8. The molecule has 0 saturated carbocycles. The second kappa shape index (κ2) is 26.2. The number of nitrogens with zero attached hydrogens (tertiary/aromatic N) is 8. The fourth-order valence-electron chi connectivity index (χ4n) is 14.8. The number of hydrogen-bond donors (Lipinski definition) is 0. The highest BCUT2D eigenvalue weighted by atomic mass is 14.8. The van der Waals surface area contributed by atoms with E-state index in [1.54, 1.807) is 0 Å². The Morgan fingerprint density at radius 2 is 0.548 bits per heavy atom. The van der Waals surface area contributed by atoms with Gasteiger partial charge in [0.05, 0.1) is 66.9 Å². The molecule has 0 N–H and O–H groups in total. The molecule has 0 aliphatic rings. The molecule has 0 bridgehead atoms. The molecule has 0 spiro atoms. The largest absolute Gasteiger partial charge is 0.256 e. The van der Waals surface area contributed by atoms with Gasteiger partial charge in [0.25, 0.3) is 0 Å². The third-order valence-corrected chi connectivity index (χ3v) is 19.9. The third-order valence-electron chi connectivity index (χ3n) is 19.9. The zero-order valence-corrected chi connectivity index (χ0v) is 56.2. The van der Waals surface area contributed by atoms with E-state index in [9.17, 15) is 0 Å². The number of rotatable bonds is 10. The first-order chi connectivity index (χ1) is 51.5. The number of aromatic nitrogens is 8. The van der Waals surface area contributed by atoms with Crippen LogP contribution in [0.2, 0.25) is 0 Å². The summed E-state index contributed by atoms with van der Waals surface area (Å²) in [5.74, 6) is 0. The second-order valence-corrected chi connectivity index (χ2v) is 26.1. The number of para-hydroxylation sites is 2. The first-order valence-corrected chi connectivity index (χ1v) is 34.9. The maximum Gasteiger partial charge on any atom is 0.0978 e. The molecular weight excluding hydrogens is 1270 g/mol. The molecule has 0 atom stereocenters. The summed E-state index contributed by atoms with van der Waals surface area (Å²) in [7, 11) is 0. The first-order valence-electron chi connectivity index (χ1n) is 34.9. The van der Waals surface area contributed by atoms with Crippen LogP contribution in [0.4, 0.5) is 0 Å². The quantitative estimate of drug-likeness (QED) is 0.0985. The van der Waals surface area contributed by atoms with E-state index in [-0.39, 0.29) is 0 Å². The van der Waals surface area contributed by atoms with Crippen molar-refractivity contribution in [1.29, 1.82) is 0 Å². The molecule has 0 unspecified atom stereocenters. The molecule has 8 heterocycles. The Bertz CT molecular complexity index is 6600. The van der Waals surface area contributed by atoms with Crippen LogP contribution >= 0.6 is 0 Å². The highest BCUT2D eigenvalue weighted by molar-refractivity contribution is 6.18. The molecule has 8 nitrogen and oxygen atoms in total. The van der Waals surface area contributed by atoms with Gasteiger partial charge >= 0.3 is 0 Å². The lowest BCUT2D eigenvalue weighted by Crippen LogP contribution is -1.93. The summed E-state index contributed by atoms with van der Waals surface area (Å²) in [6.45, 7) is 0. The average Bonchev–Trinajstić information content (AvgIpc) is 0.740. The molecule has 484 valence electrons. The Labute approximate surface area is 599 Å². The highest BCUT2D eigenvalue weighted by Gasteiger charge is 2.20. The van der Waals surface area contributed by atoms with Gasteiger partial charge < -0.3 is 0 Å². The SMILES string of the molecule is c1ccc(-c2ccc(-c3c4ccccc4nc4c3ccc3ccc(-c5ccc(-c6cc(-c7ccccn7)cc(-c7ccccn7)c6)cc5)nc34)cc2)cc1.c1ccc(-c2ccc(-c3c4ccccc4nc4c3ccc3ccc(-c5ccc(-c6cc7cccnc7c7ncccc67)cc5)nc34)cc2)cc1. The van der Waals surface area contributed by atoms with Crippen LogP contribution in [-0.4, -0.2) is 39.9 Å². The van der Waals surface area contributed by atoms with Gasteiger partial charge in [-0.15, -0.1) is 0 Å².